The Hall–Kier alpha value is -1.91. The topological polar surface area (TPSA) is 118 Å². The predicted octanol–water partition coefficient (Wildman–Crippen LogP) is 5.02. The van der Waals surface area contributed by atoms with Crippen molar-refractivity contribution in [3.05, 3.63) is 23.8 Å². The van der Waals surface area contributed by atoms with Gasteiger partial charge in [-0.25, -0.2) is 0 Å². The van der Waals surface area contributed by atoms with E-state index in [1.165, 1.54) is 0 Å². The first-order valence-electron chi connectivity index (χ1n) is 16.0. The maximum absolute atomic E-state index is 13.0. The predicted molar refractivity (Wildman–Crippen MR) is 164 cm³/mol. The summed E-state index contributed by atoms with van der Waals surface area (Å²) >= 11 is 0. The number of ketones is 1. The number of hydrogen-bond acceptors (Lipinski definition) is 9. The molecule has 0 radical (unpaired) electrons. The van der Waals surface area contributed by atoms with Crippen LogP contribution in [-0.4, -0.2) is 86.7 Å². The summed E-state index contributed by atoms with van der Waals surface area (Å²) < 4.78 is 30.0. The molecule has 2 aliphatic rings. The van der Waals surface area contributed by atoms with Gasteiger partial charge in [0, 0.05) is 38.9 Å². The van der Waals surface area contributed by atoms with E-state index in [0.717, 1.165) is 18.3 Å². The first-order valence-corrected chi connectivity index (χ1v) is 16.0. The zero-order valence-corrected chi connectivity index (χ0v) is 27.5. The van der Waals surface area contributed by atoms with Crippen molar-refractivity contribution in [2.75, 3.05) is 20.8 Å². The van der Waals surface area contributed by atoms with Gasteiger partial charge in [0.15, 0.2) is 5.78 Å². The maximum Gasteiger partial charge on any atom is 0.306 e. The number of hydrogen-bond donors (Lipinski definition) is 1. The van der Waals surface area contributed by atoms with E-state index in [4.69, 9.17) is 23.7 Å². The Morgan fingerprint density at radius 2 is 1.77 bits per heavy atom. The Labute approximate surface area is 258 Å². The lowest BCUT2D eigenvalue weighted by atomic mass is 9.83. The number of esters is 1. The molecular formula is C34H56O9. The normalized spacial score (nSPS) is 36.1. The fourth-order valence-corrected chi connectivity index (χ4v) is 6.40. The van der Waals surface area contributed by atoms with Gasteiger partial charge < -0.3 is 33.6 Å². The number of carbonyl (C=O) groups excluding carboxylic acids is 3. The van der Waals surface area contributed by atoms with Crippen LogP contribution in [0.4, 0.5) is 0 Å². The number of aliphatic hydroxyl groups is 1. The molecule has 1 N–H and O–H groups in total. The van der Waals surface area contributed by atoms with Crippen LogP contribution in [0.5, 0.6) is 0 Å². The van der Waals surface area contributed by atoms with Gasteiger partial charge in [0.2, 0.25) is 0 Å². The molecule has 1 saturated heterocycles. The minimum Gasteiger partial charge on any atom is -0.462 e. The van der Waals surface area contributed by atoms with Gasteiger partial charge in [0.25, 0.3) is 0 Å². The SMILES string of the molecule is CCC1OC(=O)CCC(C)CC(CC=O)CC(C)C(=O)C=CC(C)=CC1COC(CC)C1OC(C)C(O)C(OC)C1OC. The van der Waals surface area contributed by atoms with Crippen molar-refractivity contribution >= 4 is 18.0 Å². The molecule has 0 spiro atoms. The van der Waals surface area contributed by atoms with Gasteiger partial charge in [0.05, 0.1) is 18.8 Å². The van der Waals surface area contributed by atoms with Crippen LogP contribution in [-0.2, 0) is 38.1 Å². The molecule has 0 aromatic rings. The second-order valence-electron chi connectivity index (χ2n) is 12.5. The average molecular weight is 609 g/mol. The molecule has 0 aromatic heterocycles. The van der Waals surface area contributed by atoms with Crippen LogP contribution >= 0.6 is 0 Å². The van der Waals surface area contributed by atoms with E-state index in [1.807, 2.05) is 33.8 Å². The van der Waals surface area contributed by atoms with Gasteiger partial charge in [0.1, 0.15) is 36.8 Å². The first kappa shape index (κ1) is 37.3. The molecule has 11 unspecified atom stereocenters. The van der Waals surface area contributed by atoms with E-state index in [-0.39, 0.29) is 54.6 Å². The monoisotopic (exact) mass is 608 g/mol. The van der Waals surface area contributed by atoms with E-state index in [0.29, 0.717) is 32.1 Å². The van der Waals surface area contributed by atoms with E-state index < -0.39 is 36.6 Å². The number of aldehydes is 1. The Morgan fingerprint density at radius 1 is 1.07 bits per heavy atom. The molecule has 11 atom stereocenters. The number of ether oxygens (including phenoxy) is 5. The summed E-state index contributed by atoms with van der Waals surface area (Å²) in [5.41, 5.74) is 0.863. The number of cyclic esters (lactones) is 1. The highest BCUT2D eigenvalue weighted by Crippen LogP contribution is 2.31. The van der Waals surface area contributed by atoms with Crippen molar-refractivity contribution < 1.29 is 43.2 Å². The molecule has 0 saturated carbocycles. The fourth-order valence-electron chi connectivity index (χ4n) is 6.40. The van der Waals surface area contributed by atoms with E-state index in [9.17, 15) is 19.5 Å². The van der Waals surface area contributed by atoms with Gasteiger partial charge in [-0.15, -0.1) is 0 Å². The number of aliphatic hydroxyl groups excluding tert-OH is 1. The number of allylic oxidation sites excluding steroid dienone is 3. The summed E-state index contributed by atoms with van der Waals surface area (Å²) in [6.45, 7) is 12.0. The van der Waals surface area contributed by atoms with Crippen LogP contribution in [0.1, 0.15) is 86.5 Å². The Kier molecular flexibility index (Phi) is 16.3. The molecule has 9 heteroatoms. The lowest BCUT2D eigenvalue weighted by Gasteiger charge is -2.45. The van der Waals surface area contributed by atoms with Crippen molar-refractivity contribution in [1.82, 2.24) is 0 Å². The summed E-state index contributed by atoms with van der Waals surface area (Å²) in [7, 11) is 3.12. The van der Waals surface area contributed by atoms with E-state index in [2.05, 4.69) is 6.92 Å². The molecule has 0 aromatic carbocycles. The summed E-state index contributed by atoms with van der Waals surface area (Å²) in [5.74, 6) is -0.365. The largest absolute Gasteiger partial charge is 0.462 e. The molecule has 2 rings (SSSR count). The number of carbonyl (C=O) groups is 3. The molecule has 2 heterocycles. The van der Waals surface area contributed by atoms with Gasteiger partial charge in [-0.2, -0.15) is 0 Å². The molecular weight excluding hydrogens is 552 g/mol. The molecule has 0 aliphatic carbocycles. The van der Waals surface area contributed by atoms with Crippen molar-refractivity contribution in [2.24, 2.45) is 23.7 Å². The smallest absolute Gasteiger partial charge is 0.306 e. The lowest BCUT2D eigenvalue weighted by molar-refractivity contribution is -0.256. The van der Waals surface area contributed by atoms with Crippen LogP contribution < -0.4 is 0 Å². The van der Waals surface area contributed by atoms with Crippen molar-refractivity contribution in [2.45, 2.75) is 129 Å². The summed E-state index contributed by atoms with van der Waals surface area (Å²) in [6.07, 6.45) is 6.70. The Bertz CT molecular complexity index is 931. The van der Waals surface area contributed by atoms with Gasteiger partial charge in [-0.1, -0.05) is 45.4 Å². The number of rotatable bonds is 10. The van der Waals surface area contributed by atoms with Crippen LogP contribution in [0.2, 0.25) is 0 Å². The third-order valence-corrected chi connectivity index (χ3v) is 8.98. The summed E-state index contributed by atoms with van der Waals surface area (Å²) in [5, 5.41) is 10.6. The maximum atomic E-state index is 13.0. The lowest BCUT2D eigenvalue weighted by Crippen LogP contribution is -2.61. The standard InChI is InChI=1S/C34H56O9/c1-9-28-26(20-41-29(10-2)32-34(40-8)33(39-7)31(38)24(6)42-32)18-22(4)11-13-27(36)23(5)19-25(15-16-35)17-21(3)12-14-30(37)43-28/h11,13,16,18,21,23-26,28-29,31-34,38H,9-10,12,14-15,17,19-20H2,1-8H3. The minimum atomic E-state index is -0.831. The molecule has 43 heavy (non-hydrogen) atoms. The molecule has 1 fully saturated rings. The van der Waals surface area contributed by atoms with Crippen molar-refractivity contribution in [3.8, 4) is 0 Å². The highest BCUT2D eigenvalue weighted by Gasteiger charge is 2.47. The van der Waals surface area contributed by atoms with Gasteiger partial charge in [-0.3, -0.25) is 9.59 Å². The fraction of sp³-hybridized carbons (Fsp3) is 0.794. The zero-order valence-electron chi connectivity index (χ0n) is 27.5. The highest BCUT2D eigenvalue weighted by atomic mass is 16.6. The van der Waals surface area contributed by atoms with E-state index in [1.54, 1.807) is 33.3 Å². The molecule has 246 valence electrons. The summed E-state index contributed by atoms with van der Waals surface area (Å²) in [6, 6.07) is 0. The second kappa shape index (κ2) is 18.8. The quantitative estimate of drug-likeness (QED) is 0.269. The Morgan fingerprint density at radius 3 is 2.37 bits per heavy atom. The molecule has 0 amide bonds. The minimum absolute atomic E-state index is 0.0322. The van der Waals surface area contributed by atoms with Gasteiger partial charge >= 0.3 is 5.97 Å². The van der Waals surface area contributed by atoms with Crippen LogP contribution in [0, 0.1) is 23.7 Å². The van der Waals surface area contributed by atoms with Crippen molar-refractivity contribution in [1.29, 1.82) is 0 Å². The first-order chi connectivity index (χ1) is 20.5. The highest BCUT2D eigenvalue weighted by molar-refractivity contribution is 5.91. The zero-order chi connectivity index (χ0) is 32.1. The number of methoxy groups -OCH3 is 2. The molecule has 0 bridgehead atoms. The Balaban J connectivity index is 2.33. The van der Waals surface area contributed by atoms with Crippen LogP contribution in [0.3, 0.4) is 0 Å². The third-order valence-electron chi connectivity index (χ3n) is 8.98. The summed E-state index contributed by atoms with van der Waals surface area (Å²) in [4.78, 5) is 37.3. The third kappa shape index (κ3) is 11.2. The van der Waals surface area contributed by atoms with Crippen LogP contribution in [0.25, 0.3) is 0 Å². The van der Waals surface area contributed by atoms with E-state index >= 15 is 0 Å². The second-order valence-corrected chi connectivity index (χ2v) is 12.5. The van der Waals surface area contributed by atoms with Crippen molar-refractivity contribution in [3.63, 3.8) is 0 Å². The average Bonchev–Trinajstić information content (AvgIpc) is 2.98. The van der Waals surface area contributed by atoms with Crippen LogP contribution in [0.15, 0.2) is 23.8 Å². The van der Waals surface area contributed by atoms with Gasteiger partial charge in [-0.05, 0) is 63.9 Å². The molecule has 2 aliphatic heterocycles. The molecule has 9 nitrogen and oxygen atoms in total.